The van der Waals surface area contributed by atoms with Crippen LogP contribution in [0.1, 0.15) is 5.56 Å². The lowest BCUT2D eigenvalue weighted by Gasteiger charge is -2.27. The third-order valence-electron chi connectivity index (χ3n) is 3.58. The highest BCUT2D eigenvalue weighted by Crippen LogP contribution is 2.22. The van der Waals surface area contributed by atoms with Gasteiger partial charge >= 0.3 is 6.03 Å². The van der Waals surface area contributed by atoms with Gasteiger partial charge in [0.05, 0.1) is 12.2 Å². The van der Waals surface area contributed by atoms with E-state index in [1.165, 1.54) is 0 Å². The lowest BCUT2D eigenvalue weighted by atomic mass is 10.1. The molecular formula is C19H15BrN2O2. The molecule has 3 rings (SSSR count). The van der Waals surface area contributed by atoms with Crippen molar-refractivity contribution in [2.45, 2.75) is 0 Å². The van der Waals surface area contributed by atoms with Gasteiger partial charge < -0.3 is 5.32 Å². The smallest absolute Gasteiger partial charge is 0.329 e. The second kappa shape index (κ2) is 7.27. The lowest BCUT2D eigenvalue weighted by molar-refractivity contribution is -0.114. The average molecular weight is 383 g/mol. The topological polar surface area (TPSA) is 49.4 Å². The van der Waals surface area contributed by atoms with Crippen LogP contribution in [0.4, 0.5) is 10.5 Å². The highest BCUT2D eigenvalue weighted by atomic mass is 79.9. The van der Waals surface area contributed by atoms with E-state index in [1.54, 1.807) is 30.3 Å². The van der Waals surface area contributed by atoms with Crippen molar-refractivity contribution in [1.29, 1.82) is 0 Å². The van der Waals surface area contributed by atoms with E-state index >= 15 is 0 Å². The molecule has 4 nitrogen and oxygen atoms in total. The van der Waals surface area contributed by atoms with Gasteiger partial charge in [-0.1, -0.05) is 64.5 Å². The molecule has 3 amide bonds. The normalized spacial score (nSPS) is 16.7. The first-order valence-corrected chi connectivity index (χ1v) is 8.24. The van der Waals surface area contributed by atoms with Crippen LogP contribution in [0, 0.1) is 0 Å². The SMILES string of the molecule is O=C1NCC(=CC=Cc2ccccc2)C(=O)N1c1ccc(Br)cc1. The molecule has 2 aromatic carbocycles. The Balaban J connectivity index is 1.81. The maximum absolute atomic E-state index is 12.6. The first-order valence-electron chi connectivity index (χ1n) is 7.45. The molecule has 120 valence electrons. The summed E-state index contributed by atoms with van der Waals surface area (Å²) in [5.74, 6) is -0.307. The van der Waals surface area contributed by atoms with Gasteiger partial charge in [-0.2, -0.15) is 0 Å². The number of hydrogen-bond donors (Lipinski definition) is 1. The fourth-order valence-corrected chi connectivity index (χ4v) is 2.62. The fraction of sp³-hybridized carbons (Fsp3) is 0.0526. The first kappa shape index (κ1) is 16.2. The summed E-state index contributed by atoms with van der Waals surface area (Å²) in [5, 5.41) is 2.73. The van der Waals surface area contributed by atoms with Gasteiger partial charge in [-0.05, 0) is 29.8 Å². The molecule has 0 saturated carbocycles. The number of amides is 3. The van der Waals surface area contributed by atoms with Gasteiger partial charge in [0.2, 0.25) is 0 Å². The number of halogens is 1. The van der Waals surface area contributed by atoms with Crippen LogP contribution in [-0.4, -0.2) is 18.5 Å². The van der Waals surface area contributed by atoms with Gasteiger partial charge in [-0.25, -0.2) is 9.69 Å². The zero-order valence-electron chi connectivity index (χ0n) is 12.8. The van der Waals surface area contributed by atoms with E-state index in [1.807, 2.05) is 42.5 Å². The van der Waals surface area contributed by atoms with E-state index in [0.29, 0.717) is 11.3 Å². The molecule has 0 radical (unpaired) electrons. The molecule has 0 bridgehead atoms. The highest BCUT2D eigenvalue weighted by Gasteiger charge is 2.30. The van der Waals surface area contributed by atoms with Crippen molar-refractivity contribution in [3.05, 3.63) is 82.4 Å². The number of urea groups is 1. The number of hydrogen-bond acceptors (Lipinski definition) is 2. The lowest BCUT2D eigenvalue weighted by Crippen LogP contribution is -2.51. The van der Waals surface area contributed by atoms with Crippen molar-refractivity contribution in [3.8, 4) is 0 Å². The molecule has 0 spiro atoms. The van der Waals surface area contributed by atoms with Crippen molar-refractivity contribution in [1.82, 2.24) is 5.32 Å². The first-order chi connectivity index (χ1) is 11.6. The Hall–Kier alpha value is -2.66. The predicted octanol–water partition coefficient (Wildman–Crippen LogP) is 4.15. The Labute approximate surface area is 148 Å². The van der Waals surface area contributed by atoms with Gasteiger partial charge in [-0.15, -0.1) is 0 Å². The number of nitrogens with zero attached hydrogens (tertiary/aromatic N) is 1. The molecule has 0 aliphatic carbocycles. The third kappa shape index (κ3) is 3.63. The minimum absolute atomic E-state index is 0.226. The number of allylic oxidation sites excluding steroid dienone is 2. The third-order valence-corrected chi connectivity index (χ3v) is 4.11. The van der Waals surface area contributed by atoms with E-state index in [2.05, 4.69) is 21.2 Å². The summed E-state index contributed by atoms with van der Waals surface area (Å²) in [7, 11) is 0. The Bertz CT molecular complexity index is 811. The van der Waals surface area contributed by atoms with Gasteiger partial charge in [-0.3, -0.25) is 4.79 Å². The standard InChI is InChI=1S/C19H15BrN2O2/c20-16-9-11-17(12-10-16)22-18(23)15(13-21-19(22)24)8-4-7-14-5-2-1-3-6-14/h1-12H,13H2,(H,21,24). The van der Waals surface area contributed by atoms with E-state index in [-0.39, 0.29) is 12.5 Å². The maximum Gasteiger partial charge on any atom is 0.329 e. The molecule has 1 fully saturated rings. The molecule has 1 saturated heterocycles. The van der Waals surface area contributed by atoms with Crippen LogP contribution >= 0.6 is 15.9 Å². The summed E-state index contributed by atoms with van der Waals surface area (Å²) >= 11 is 3.34. The molecular weight excluding hydrogens is 368 g/mol. The van der Waals surface area contributed by atoms with Crippen molar-refractivity contribution in [2.75, 3.05) is 11.4 Å². The van der Waals surface area contributed by atoms with E-state index in [4.69, 9.17) is 0 Å². The largest absolute Gasteiger partial charge is 0.333 e. The summed E-state index contributed by atoms with van der Waals surface area (Å²) in [4.78, 5) is 25.8. The van der Waals surface area contributed by atoms with Crippen molar-refractivity contribution in [3.63, 3.8) is 0 Å². The zero-order chi connectivity index (χ0) is 16.9. The quantitative estimate of drug-likeness (QED) is 0.810. The Morgan fingerprint density at radius 2 is 1.71 bits per heavy atom. The molecule has 1 N–H and O–H groups in total. The number of imide groups is 1. The second-order valence-electron chi connectivity index (χ2n) is 5.24. The summed E-state index contributed by atoms with van der Waals surface area (Å²) in [6.45, 7) is 0.226. The van der Waals surface area contributed by atoms with Crippen LogP contribution in [0.5, 0.6) is 0 Å². The van der Waals surface area contributed by atoms with Gasteiger partial charge in [0, 0.05) is 10.0 Å². The number of benzene rings is 2. The molecule has 0 atom stereocenters. The number of anilines is 1. The molecule has 0 unspecified atom stereocenters. The van der Waals surface area contributed by atoms with Crippen LogP contribution in [-0.2, 0) is 4.79 Å². The number of carbonyl (C=O) groups excluding carboxylic acids is 2. The second-order valence-corrected chi connectivity index (χ2v) is 6.15. The molecule has 2 aromatic rings. The fourth-order valence-electron chi connectivity index (χ4n) is 2.36. The molecule has 5 heteroatoms. The average Bonchev–Trinajstić information content (AvgIpc) is 2.60. The molecule has 1 heterocycles. The van der Waals surface area contributed by atoms with Gasteiger partial charge in [0.15, 0.2) is 0 Å². The van der Waals surface area contributed by atoms with Gasteiger partial charge in [0.25, 0.3) is 5.91 Å². The van der Waals surface area contributed by atoms with Crippen LogP contribution in [0.2, 0.25) is 0 Å². The monoisotopic (exact) mass is 382 g/mol. The highest BCUT2D eigenvalue weighted by molar-refractivity contribution is 9.10. The number of nitrogens with one attached hydrogen (secondary N) is 1. The molecule has 1 aliphatic rings. The number of carbonyl (C=O) groups is 2. The molecule has 24 heavy (non-hydrogen) atoms. The zero-order valence-corrected chi connectivity index (χ0v) is 14.4. The predicted molar refractivity (Wildman–Crippen MR) is 98.6 cm³/mol. The maximum atomic E-state index is 12.6. The Kier molecular flexibility index (Phi) is 4.91. The Morgan fingerprint density at radius 3 is 2.42 bits per heavy atom. The summed E-state index contributed by atoms with van der Waals surface area (Å²) in [5.41, 5.74) is 2.12. The summed E-state index contributed by atoms with van der Waals surface area (Å²) in [6.07, 6.45) is 5.47. The van der Waals surface area contributed by atoms with Crippen molar-refractivity contribution < 1.29 is 9.59 Å². The summed E-state index contributed by atoms with van der Waals surface area (Å²) in [6, 6.07) is 16.4. The minimum Gasteiger partial charge on any atom is -0.333 e. The van der Waals surface area contributed by atoms with Crippen LogP contribution in [0.25, 0.3) is 6.08 Å². The van der Waals surface area contributed by atoms with Gasteiger partial charge in [0.1, 0.15) is 0 Å². The molecule has 0 aromatic heterocycles. The van der Waals surface area contributed by atoms with Crippen LogP contribution in [0.3, 0.4) is 0 Å². The van der Waals surface area contributed by atoms with Crippen LogP contribution < -0.4 is 10.2 Å². The number of rotatable bonds is 3. The minimum atomic E-state index is -0.411. The van der Waals surface area contributed by atoms with E-state index < -0.39 is 6.03 Å². The van der Waals surface area contributed by atoms with Crippen molar-refractivity contribution in [2.24, 2.45) is 0 Å². The van der Waals surface area contributed by atoms with E-state index in [9.17, 15) is 9.59 Å². The summed E-state index contributed by atoms with van der Waals surface area (Å²) < 4.78 is 0.887. The van der Waals surface area contributed by atoms with Crippen LogP contribution in [0.15, 0.2) is 76.8 Å². The Morgan fingerprint density at radius 1 is 1.00 bits per heavy atom. The van der Waals surface area contributed by atoms with E-state index in [0.717, 1.165) is 14.9 Å². The molecule has 1 aliphatic heterocycles. The van der Waals surface area contributed by atoms with Crippen molar-refractivity contribution >= 4 is 39.6 Å².